The zero-order chi connectivity index (χ0) is 44.5. The molecule has 0 unspecified atom stereocenters. The van der Waals surface area contributed by atoms with Gasteiger partial charge in [-0.25, -0.2) is 15.0 Å². The average Bonchev–Trinajstić information content (AvgIpc) is 4.16. The second-order valence-corrected chi connectivity index (χ2v) is 17.4. The van der Waals surface area contributed by atoms with Gasteiger partial charge in [0, 0.05) is 65.5 Å². The number of benzene rings is 10. The van der Waals surface area contributed by atoms with E-state index in [4.69, 9.17) is 28.2 Å². The van der Waals surface area contributed by atoms with Crippen molar-refractivity contribution in [3.63, 3.8) is 0 Å². The molecule has 0 fully saturated rings. The molecule has 15 rings (SSSR count). The first-order valence-electron chi connectivity index (χ1n) is 22.7. The van der Waals surface area contributed by atoms with Crippen LogP contribution >= 0.6 is 0 Å². The molecule has 68 heavy (non-hydrogen) atoms. The third-order valence-electron chi connectivity index (χ3n) is 13.7. The van der Waals surface area contributed by atoms with E-state index in [9.17, 15) is 0 Å². The molecule has 0 amide bonds. The van der Waals surface area contributed by atoms with Crippen molar-refractivity contribution in [1.29, 1.82) is 0 Å². The Hall–Kier alpha value is -9.33. The van der Waals surface area contributed by atoms with Crippen LogP contribution < -0.4 is 0 Å². The molecule has 7 heteroatoms. The zero-order valence-corrected chi connectivity index (χ0v) is 36.1. The van der Waals surface area contributed by atoms with Gasteiger partial charge in [-0.1, -0.05) is 133 Å². The lowest BCUT2D eigenvalue weighted by Gasteiger charge is -2.16. The molecule has 15 aromatic rings. The molecule has 0 saturated carbocycles. The van der Waals surface area contributed by atoms with E-state index in [-0.39, 0.29) is 0 Å². The van der Waals surface area contributed by atoms with Crippen molar-refractivity contribution in [1.82, 2.24) is 19.5 Å². The van der Waals surface area contributed by atoms with Gasteiger partial charge in [0.05, 0.1) is 11.0 Å². The lowest BCUT2D eigenvalue weighted by atomic mass is 9.94. The highest BCUT2D eigenvalue weighted by Crippen LogP contribution is 2.45. The smallest absolute Gasteiger partial charge is 0.164 e. The quantitative estimate of drug-likeness (QED) is 0.171. The summed E-state index contributed by atoms with van der Waals surface area (Å²) in [5.41, 5.74) is 12.5. The van der Waals surface area contributed by atoms with Gasteiger partial charge in [-0.05, 0) is 94.7 Å². The first-order chi connectivity index (χ1) is 33.7. The van der Waals surface area contributed by atoms with E-state index in [2.05, 4.69) is 132 Å². The molecule has 0 N–H and O–H groups in total. The second kappa shape index (κ2) is 14.1. The van der Waals surface area contributed by atoms with E-state index in [1.165, 1.54) is 21.5 Å². The fourth-order valence-corrected chi connectivity index (χ4v) is 10.7. The van der Waals surface area contributed by atoms with Gasteiger partial charge in [0.1, 0.15) is 33.5 Å². The summed E-state index contributed by atoms with van der Waals surface area (Å²) in [6.45, 7) is 0. The molecule has 5 aromatic heterocycles. The van der Waals surface area contributed by atoms with Crippen molar-refractivity contribution >= 4 is 98.4 Å². The Kier molecular flexibility index (Phi) is 7.65. The summed E-state index contributed by atoms with van der Waals surface area (Å²) in [5, 5.41) is 10.7. The van der Waals surface area contributed by atoms with Crippen LogP contribution in [0.15, 0.2) is 220 Å². The Morgan fingerprint density at radius 1 is 0.279 bits per heavy atom. The maximum atomic E-state index is 6.55. The number of furan rings is 3. The van der Waals surface area contributed by atoms with Crippen LogP contribution in [-0.4, -0.2) is 19.5 Å². The van der Waals surface area contributed by atoms with Gasteiger partial charge < -0.3 is 17.8 Å². The summed E-state index contributed by atoms with van der Waals surface area (Å²) >= 11 is 0. The third kappa shape index (κ3) is 5.38. The zero-order valence-electron chi connectivity index (χ0n) is 36.1. The fraction of sp³-hybridized carbons (Fsp3) is 0. The van der Waals surface area contributed by atoms with Gasteiger partial charge in [-0.2, -0.15) is 0 Å². The first-order valence-corrected chi connectivity index (χ1v) is 22.7. The standard InChI is InChI=1S/C61H34N4O3/c1-2-15-36-33-49-47(32-35(36)14-1)38-16-3-7-23-48(38)65(49)37-30-31-40(46(34-37)39-20-11-27-53-56(39)41-17-4-8-24-50(41)66-53)59-62-60(44-21-12-28-54-57(44)42-18-5-9-25-51(42)67-54)64-61(63-59)45-22-13-29-55-58(45)43-19-6-10-26-52(43)68-55/h1-34H. The van der Waals surface area contributed by atoms with E-state index in [0.29, 0.717) is 17.5 Å². The maximum Gasteiger partial charge on any atom is 0.164 e. The lowest BCUT2D eigenvalue weighted by Crippen LogP contribution is -2.03. The molecular weight excluding hydrogens is 837 g/mol. The highest BCUT2D eigenvalue weighted by atomic mass is 16.3. The van der Waals surface area contributed by atoms with E-state index in [1.54, 1.807) is 0 Å². The van der Waals surface area contributed by atoms with E-state index >= 15 is 0 Å². The van der Waals surface area contributed by atoms with Crippen molar-refractivity contribution in [2.75, 3.05) is 0 Å². The Morgan fingerprint density at radius 2 is 0.721 bits per heavy atom. The van der Waals surface area contributed by atoms with Gasteiger partial charge in [0.2, 0.25) is 0 Å². The molecule has 0 atom stereocenters. The minimum atomic E-state index is 0.527. The van der Waals surface area contributed by atoms with Crippen LogP contribution in [0.25, 0.3) is 149 Å². The Morgan fingerprint density at radius 3 is 1.29 bits per heavy atom. The first kappa shape index (κ1) is 36.9. The Balaban J connectivity index is 1.06. The van der Waals surface area contributed by atoms with Crippen LogP contribution in [0.3, 0.4) is 0 Å². The minimum Gasteiger partial charge on any atom is -0.456 e. The van der Waals surface area contributed by atoms with E-state index in [1.807, 2.05) is 78.9 Å². The normalized spacial score (nSPS) is 12.1. The van der Waals surface area contributed by atoms with E-state index < -0.39 is 0 Å². The van der Waals surface area contributed by atoms with Gasteiger partial charge in [0.15, 0.2) is 17.5 Å². The molecule has 0 bridgehead atoms. The van der Waals surface area contributed by atoms with Crippen LogP contribution in [0, 0.1) is 0 Å². The molecule has 0 aliphatic rings. The summed E-state index contributed by atoms with van der Waals surface area (Å²) in [4.78, 5) is 16.4. The van der Waals surface area contributed by atoms with Crippen LogP contribution in [0.4, 0.5) is 0 Å². The summed E-state index contributed by atoms with van der Waals surface area (Å²) in [6.07, 6.45) is 0. The number of hydrogen-bond acceptors (Lipinski definition) is 6. The molecule has 0 aliphatic carbocycles. The van der Waals surface area contributed by atoms with Crippen molar-refractivity contribution in [3.05, 3.63) is 206 Å². The maximum absolute atomic E-state index is 6.55. The third-order valence-corrected chi connectivity index (χ3v) is 13.7. The SMILES string of the molecule is c1ccc2cc3c(cc2c1)c1ccccc1n3-c1ccc(-c2nc(-c3cccc4oc5ccccc5c34)nc(-c3cccc4oc5ccccc5c34)n2)c(-c2cccc3oc4ccccc4c23)c1. The van der Waals surface area contributed by atoms with E-state index in [0.717, 1.165) is 110 Å². The number of rotatable bonds is 5. The molecule has 0 radical (unpaired) electrons. The summed E-state index contributed by atoms with van der Waals surface area (Å²) in [6, 6.07) is 71.6. The Bertz CT molecular complexity index is 4460. The lowest BCUT2D eigenvalue weighted by molar-refractivity contribution is 0.668. The van der Waals surface area contributed by atoms with Crippen LogP contribution in [0.1, 0.15) is 0 Å². The van der Waals surface area contributed by atoms with Gasteiger partial charge in [-0.3, -0.25) is 0 Å². The van der Waals surface area contributed by atoms with Crippen LogP contribution in [0.5, 0.6) is 0 Å². The number of para-hydroxylation sites is 4. The van der Waals surface area contributed by atoms with Crippen LogP contribution in [0.2, 0.25) is 0 Å². The monoisotopic (exact) mass is 870 g/mol. The number of nitrogens with zero attached hydrogens (tertiary/aromatic N) is 4. The molecule has 10 aromatic carbocycles. The molecule has 5 heterocycles. The highest BCUT2D eigenvalue weighted by molar-refractivity contribution is 6.17. The highest BCUT2D eigenvalue weighted by Gasteiger charge is 2.24. The number of hydrogen-bond donors (Lipinski definition) is 0. The predicted octanol–water partition coefficient (Wildman–Crippen LogP) is 16.5. The minimum absolute atomic E-state index is 0.527. The van der Waals surface area contributed by atoms with Gasteiger partial charge >= 0.3 is 0 Å². The molecule has 0 aliphatic heterocycles. The fourth-order valence-electron chi connectivity index (χ4n) is 10.7. The summed E-state index contributed by atoms with van der Waals surface area (Å²) < 4.78 is 21.8. The second-order valence-electron chi connectivity index (χ2n) is 17.4. The molecular formula is C61H34N4O3. The largest absolute Gasteiger partial charge is 0.456 e. The van der Waals surface area contributed by atoms with Crippen molar-refractivity contribution in [3.8, 4) is 51.0 Å². The molecule has 7 nitrogen and oxygen atoms in total. The molecule has 0 spiro atoms. The van der Waals surface area contributed by atoms with Gasteiger partial charge in [-0.15, -0.1) is 0 Å². The van der Waals surface area contributed by atoms with Crippen molar-refractivity contribution in [2.45, 2.75) is 0 Å². The molecule has 0 saturated heterocycles. The topological polar surface area (TPSA) is 83.0 Å². The van der Waals surface area contributed by atoms with Crippen molar-refractivity contribution < 1.29 is 13.3 Å². The summed E-state index contributed by atoms with van der Waals surface area (Å²) in [5.74, 6) is 1.59. The molecule has 316 valence electrons. The summed E-state index contributed by atoms with van der Waals surface area (Å²) in [7, 11) is 0. The van der Waals surface area contributed by atoms with Crippen LogP contribution in [-0.2, 0) is 0 Å². The number of fused-ring (bicyclic) bond motifs is 13. The van der Waals surface area contributed by atoms with Gasteiger partial charge in [0.25, 0.3) is 0 Å². The predicted molar refractivity (Wildman–Crippen MR) is 275 cm³/mol. The van der Waals surface area contributed by atoms with Crippen molar-refractivity contribution in [2.24, 2.45) is 0 Å². The number of aromatic nitrogens is 4. The Labute approximate surface area is 386 Å². The average molecular weight is 871 g/mol.